The fraction of sp³-hybridized carbons (Fsp3) is 0.357. The molecule has 3 rings (SSSR count). The number of imide groups is 1. The lowest BCUT2D eigenvalue weighted by Gasteiger charge is -2.29. The van der Waals surface area contributed by atoms with Crippen LogP contribution in [0.15, 0.2) is 18.2 Å². The SMILES string of the molecule is CS(=O)(=O)Oc1ccc2c(c1)CN(C1CCC(=O)NC1=O)C2=O. The van der Waals surface area contributed by atoms with Gasteiger partial charge in [0, 0.05) is 18.5 Å². The number of hydrogen-bond donors (Lipinski definition) is 1. The molecule has 2 aliphatic rings. The van der Waals surface area contributed by atoms with Gasteiger partial charge in [0.25, 0.3) is 5.91 Å². The van der Waals surface area contributed by atoms with Gasteiger partial charge in [-0.05, 0) is 30.2 Å². The molecule has 1 N–H and O–H groups in total. The van der Waals surface area contributed by atoms with Crippen LogP contribution in [0.3, 0.4) is 0 Å². The van der Waals surface area contributed by atoms with Gasteiger partial charge in [0.1, 0.15) is 11.8 Å². The van der Waals surface area contributed by atoms with Gasteiger partial charge in [0.2, 0.25) is 11.8 Å². The van der Waals surface area contributed by atoms with Crippen LogP contribution in [0.25, 0.3) is 0 Å². The maximum absolute atomic E-state index is 12.4. The van der Waals surface area contributed by atoms with E-state index >= 15 is 0 Å². The molecule has 122 valence electrons. The molecule has 2 heterocycles. The molecule has 1 atom stereocenters. The monoisotopic (exact) mass is 338 g/mol. The largest absolute Gasteiger partial charge is 0.383 e. The van der Waals surface area contributed by atoms with Crippen molar-refractivity contribution in [1.82, 2.24) is 10.2 Å². The molecule has 0 bridgehead atoms. The molecule has 1 aromatic rings. The standard InChI is InChI=1S/C14H14N2O6S/c1-23(20,21)22-9-2-3-10-8(6-9)7-16(14(10)19)11-4-5-12(17)15-13(11)18/h2-3,6,11H,4-5,7H2,1H3,(H,15,17,18). The number of rotatable bonds is 3. The normalized spacial score (nSPS) is 21.2. The molecule has 9 heteroatoms. The van der Waals surface area contributed by atoms with Crippen molar-refractivity contribution in [1.29, 1.82) is 0 Å². The summed E-state index contributed by atoms with van der Waals surface area (Å²) in [6, 6.07) is 3.64. The van der Waals surface area contributed by atoms with Gasteiger partial charge in [-0.1, -0.05) is 0 Å². The zero-order valence-corrected chi connectivity index (χ0v) is 13.1. The van der Waals surface area contributed by atoms with Gasteiger partial charge >= 0.3 is 10.1 Å². The lowest BCUT2D eigenvalue weighted by Crippen LogP contribution is -2.52. The van der Waals surface area contributed by atoms with Crippen molar-refractivity contribution < 1.29 is 27.0 Å². The summed E-state index contributed by atoms with van der Waals surface area (Å²) in [5, 5.41) is 2.22. The van der Waals surface area contributed by atoms with Crippen LogP contribution < -0.4 is 9.50 Å². The third-order valence-corrected chi connectivity index (χ3v) is 4.24. The van der Waals surface area contributed by atoms with Crippen LogP contribution >= 0.6 is 0 Å². The van der Waals surface area contributed by atoms with Crippen LogP contribution in [-0.2, 0) is 26.3 Å². The van der Waals surface area contributed by atoms with E-state index in [0.29, 0.717) is 11.1 Å². The molecule has 23 heavy (non-hydrogen) atoms. The molecule has 0 saturated carbocycles. The zero-order chi connectivity index (χ0) is 16.8. The summed E-state index contributed by atoms with van der Waals surface area (Å²) in [7, 11) is -3.66. The minimum Gasteiger partial charge on any atom is -0.383 e. The maximum Gasteiger partial charge on any atom is 0.306 e. The highest BCUT2D eigenvalue weighted by molar-refractivity contribution is 7.86. The van der Waals surface area contributed by atoms with Crippen molar-refractivity contribution in [2.24, 2.45) is 0 Å². The van der Waals surface area contributed by atoms with Gasteiger partial charge in [-0.2, -0.15) is 8.42 Å². The average molecular weight is 338 g/mol. The third kappa shape index (κ3) is 3.04. The number of amides is 3. The second-order valence-corrected chi connectivity index (χ2v) is 7.08. The van der Waals surface area contributed by atoms with E-state index in [4.69, 9.17) is 4.18 Å². The molecule has 8 nitrogen and oxygen atoms in total. The summed E-state index contributed by atoms with van der Waals surface area (Å²) < 4.78 is 27.1. The van der Waals surface area contributed by atoms with E-state index in [0.717, 1.165) is 6.26 Å². The van der Waals surface area contributed by atoms with E-state index in [1.54, 1.807) is 0 Å². The van der Waals surface area contributed by atoms with Crippen LogP contribution in [-0.4, -0.2) is 43.3 Å². The summed E-state index contributed by atoms with van der Waals surface area (Å²) in [5.41, 5.74) is 0.983. The molecule has 0 spiro atoms. The molecular weight excluding hydrogens is 324 g/mol. The number of nitrogens with zero attached hydrogens (tertiary/aromatic N) is 1. The first-order valence-electron chi connectivity index (χ1n) is 6.91. The molecular formula is C14H14N2O6S. The summed E-state index contributed by atoms with van der Waals surface area (Å²) in [5.74, 6) is -1.04. The fourth-order valence-electron chi connectivity index (χ4n) is 2.78. The fourth-order valence-corrected chi connectivity index (χ4v) is 3.23. The van der Waals surface area contributed by atoms with Gasteiger partial charge in [-0.3, -0.25) is 19.7 Å². The number of fused-ring (bicyclic) bond motifs is 1. The quantitative estimate of drug-likeness (QED) is 0.603. The Labute approximate surface area is 132 Å². The van der Waals surface area contributed by atoms with E-state index in [-0.39, 0.29) is 37.0 Å². The van der Waals surface area contributed by atoms with Crippen molar-refractivity contribution in [2.75, 3.05) is 6.26 Å². The predicted octanol–water partition coefficient (Wildman–Crippen LogP) is -0.214. The van der Waals surface area contributed by atoms with Crippen molar-refractivity contribution >= 4 is 27.8 Å². The lowest BCUT2D eigenvalue weighted by atomic mass is 10.0. The molecule has 1 saturated heterocycles. The van der Waals surface area contributed by atoms with E-state index in [1.165, 1.54) is 23.1 Å². The number of nitrogens with one attached hydrogen (secondary N) is 1. The summed E-state index contributed by atoms with van der Waals surface area (Å²) in [6.45, 7) is 0.168. The van der Waals surface area contributed by atoms with Crippen LogP contribution in [0, 0.1) is 0 Å². The van der Waals surface area contributed by atoms with Gasteiger partial charge < -0.3 is 9.08 Å². The zero-order valence-electron chi connectivity index (χ0n) is 12.2. The molecule has 2 aliphatic heterocycles. The van der Waals surface area contributed by atoms with E-state index < -0.39 is 22.1 Å². The molecule has 0 aromatic heterocycles. The molecule has 1 aromatic carbocycles. The minimum absolute atomic E-state index is 0.115. The second kappa shape index (κ2) is 5.34. The van der Waals surface area contributed by atoms with Gasteiger partial charge in [0.05, 0.1) is 6.26 Å². The van der Waals surface area contributed by atoms with Crippen LogP contribution in [0.2, 0.25) is 0 Å². The summed E-state index contributed by atoms with van der Waals surface area (Å²) in [4.78, 5) is 36.9. The number of hydrogen-bond acceptors (Lipinski definition) is 6. The molecule has 1 fully saturated rings. The Bertz CT molecular complexity index is 817. The highest BCUT2D eigenvalue weighted by atomic mass is 32.2. The summed E-state index contributed by atoms with van der Waals surface area (Å²) in [6.07, 6.45) is 1.39. The van der Waals surface area contributed by atoms with Gasteiger partial charge in [-0.25, -0.2) is 0 Å². The Hall–Kier alpha value is -2.42. The highest BCUT2D eigenvalue weighted by Gasteiger charge is 2.39. The first-order valence-corrected chi connectivity index (χ1v) is 8.73. The van der Waals surface area contributed by atoms with Crippen LogP contribution in [0.5, 0.6) is 5.75 Å². The highest BCUT2D eigenvalue weighted by Crippen LogP contribution is 2.30. The Morgan fingerprint density at radius 1 is 1.26 bits per heavy atom. The van der Waals surface area contributed by atoms with Crippen molar-refractivity contribution in [3.05, 3.63) is 29.3 Å². The predicted molar refractivity (Wildman–Crippen MR) is 78.0 cm³/mol. The number of benzene rings is 1. The Balaban J connectivity index is 1.84. The molecule has 0 aliphatic carbocycles. The van der Waals surface area contributed by atoms with Gasteiger partial charge in [-0.15, -0.1) is 0 Å². The minimum atomic E-state index is -3.66. The number of carbonyl (C=O) groups excluding carboxylic acids is 3. The van der Waals surface area contributed by atoms with Crippen LogP contribution in [0.4, 0.5) is 0 Å². The van der Waals surface area contributed by atoms with Gasteiger partial charge in [0.15, 0.2) is 0 Å². The van der Waals surface area contributed by atoms with E-state index in [9.17, 15) is 22.8 Å². The van der Waals surface area contributed by atoms with E-state index in [1.807, 2.05) is 0 Å². The summed E-state index contributed by atoms with van der Waals surface area (Å²) >= 11 is 0. The second-order valence-electron chi connectivity index (χ2n) is 5.51. The first-order chi connectivity index (χ1) is 10.7. The lowest BCUT2D eigenvalue weighted by molar-refractivity contribution is -0.136. The molecule has 3 amide bonds. The Morgan fingerprint density at radius 2 is 2.00 bits per heavy atom. The average Bonchev–Trinajstić information content (AvgIpc) is 2.74. The third-order valence-electron chi connectivity index (χ3n) is 3.74. The molecule has 0 radical (unpaired) electrons. The molecule has 1 unspecified atom stereocenters. The van der Waals surface area contributed by atoms with Crippen molar-refractivity contribution in [2.45, 2.75) is 25.4 Å². The Morgan fingerprint density at radius 3 is 2.65 bits per heavy atom. The van der Waals surface area contributed by atoms with Crippen molar-refractivity contribution in [3.63, 3.8) is 0 Å². The topological polar surface area (TPSA) is 110 Å². The maximum atomic E-state index is 12.4. The Kier molecular flexibility index (Phi) is 3.59. The number of piperidine rings is 1. The smallest absolute Gasteiger partial charge is 0.306 e. The van der Waals surface area contributed by atoms with Crippen LogP contribution in [0.1, 0.15) is 28.8 Å². The number of carbonyl (C=O) groups is 3. The first kappa shape index (κ1) is 15.5. The van der Waals surface area contributed by atoms with Crippen molar-refractivity contribution in [3.8, 4) is 5.75 Å². The van der Waals surface area contributed by atoms with E-state index in [2.05, 4.69) is 5.32 Å².